The zero-order chi connectivity index (χ0) is 18.5. The summed E-state index contributed by atoms with van der Waals surface area (Å²) in [6, 6.07) is 14.4. The Bertz CT molecular complexity index is 865. The second-order valence-corrected chi connectivity index (χ2v) is 7.21. The Morgan fingerprint density at radius 1 is 1.11 bits per heavy atom. The minimum absolute atomic E-state index is 0.576. The Labute approximate surface area is 163 Å². The van der Waals surface area contributed by atoms with E-state index in [-0.39, 0.29) is 0 Å². The molecule has 1 saturated heterocycles. The van der Waals surface area contributed by atoms with Crippen LogP contribution in [0.2, 0.25) is 0 Å². The molecule has 8 heteroatoms. The lowest BCUT2D eigenvalue weighted by Gasteiger charge is -2.36. The number of thiophene rings is 1. The molecule has 0 radical (unpaired) electrons. The summed E-state index contributed by atoms with van der Waals surface area (Å²) in [5, 5.41) is 15.2. The maximum absolute atomic E-state index is 4.46. The van der Waals surface area contributed by atoms with Gasteiger partial charge >= 0.3 is 0 Å². The van der Waals surface area contributed by atoms with Crippen LogP contribution in [0.4, 0.5) is 5.00 Å². The number of para-hydroxylation sites is 1. The molecule has 0 saturated carbocycles. The number of aliphatic imine (C=N–C) groups is 1. The number of rotatable bonds is 4. The fraction of sp³-hybridized carbons (Fsp3) is 0.316. The Morgan fingerprint density at radius 3 is 2.63 bits per heavy atom. The van der Waals surface area contributed by atoms with Gasteiger partial charge in [0, 0.05) is 38.9 Å². The number of nitrogens with zero attached hydrogens (tertiary/aromatic N) is 6. The van der Waals surface area contributed by atoms with E-state index in [0.29, 0.717) is 6.54 Å². The summed E-state index contributed by atoms with van der Waals surface area (Å²) in [6.07, 6.45) is 1.74. The highest BCUT2D eigenvalue weighted by atomic mass is 32.1. The summed E-state index contributed by atoms with van der Waals surface area (Å²) < 4.78 is 2.00. The van der Waals surface area contributed by atoms with Gasteiger partial charge in [-0.2, -0.15) is 0 Å². The molecule has 4 rings (SSSR count). The monoisotopic (exact) mass is 381 g/mol. The molecule has 0 spiro atoms. The van der Waals surface area contributed by atoms with E-state index >= 15 is 0 Å². The maximum Gasteiger partial charge on any atom is 0.194 e. The Morgan fingerprint density at radius 2 is 1.93 bits per heavy atom. The molecular weight excluding hydrogens is 358 g/mol. The van der Waals surface area contributed by atoms with Crippen molar-refractivity contribution in [2.45, 2.75) is 6.54 Å². The molecule has 7 nitrogen and oxygen atoms in total. The lowest BCUT2D eigenvalue weighted by atomic mass is 10.3. The molecule has 1 aliphatic rings. The highest BCUT2D eigenvalue weighted by Crippen LogP contribution is 2.22. The van der Waals surface area contributed by atoms with Crippen molar-refractivity contribution >= 4 is 22.3 Å². The molecule has 27 heavy (non-hydrogen) atoms. The van der Waals surface area contributed by atoms with E-state index in [2.05, 4.69) is 47.8 Å². The Hall–Kier alpha value is -2.87. The van der Waals surface area contributed by atoms with Crippen molar-refractivity contribution in [1.82, 2.24) is 25.0 Å². The van der Waals surface area contributed by atoms with Gasteiger partial charge in [0.1, 0.15) is 6.33 Å². The second-order valence-electron chi connectivity index (χ2n) is 6.28. The maximum atomic E-state index is 4.46. The molecule has 3 aromatic rings. The van der Waals surface area contributed by atoms with Crippen LogP contribution in [0, 0.1) is 0 Å². The zero-order valence-corrected chi connectivity index (χ0v) is 16.1. The molecule has 1 fully saturated rings. The minimum Gasteiger partial charge on any atom is -0.360 e. The topological polar surface area (TPSA) is 61.6 Å². The van der Waals surface area contributed by atoms with Gasteiger partial charge in [-0.1, -0.05) is 18.2 Å². The van der Waals surface area contributed by atoms with Gasteiger partial charge in [-0.3, -0.25) is 9.56 Å². The number of nitrogens with one attached hydrogen (secondary N) is 1. The van der Waals surface area contributed by atoms with Crippen LogP contribution in [-0.4, -0.2) is 58.9 Å². The minimum atomic E-state index is 0.576. The van der Waals surface area contributed by atoms with Gasteiger partial charge in [0.25, 0.3) is 0 Å². The van der Waals surface area contributed by atoms with Crippen molar-refractivity contribution in [1.29, 1.82) is 0 Å². The lowest BCUT2D eigenvalue weighted by Crippen LogP contribution is -2.52. The van der Waals surface area contributed by atoms with Crippen LogP contribution < -0.4 is 10.2 Å². The number of benzene rings is 1. The van der Waals surface area contributed by atoms with Crippen molar-refractivity contribution in [3.05, 3.63) is 60.0 Å². The standard InChI is InChI=1S/C19H23N7S/c1-20-19(25-11-9-24(10-12-25)18-8-5-13-27-18)21-14-17-23-22-15-26(17)16-6-3-2-4-7-16/h2-8,13,15H,9-12,14H2,1H3,(H,20,21). The van der Waals surface area contributed by atoms with Crippen LogP contribution in [0.5, 0.6) is 0 Å². The number of aromatic nitrogens is 3. The molecule has 0 unspecified atom stereocenters. The third kappa shape index (κ3) is 3.95. The molecule has 140 valence electrons. The molecular formula is C19H23N7S. The number of anilines is 1. The zero-order valence-electron chi connectivity index (χ0n) is 15.3. The normalized spacial score (nSPS) is 15.2. The Kier molecular flexibility index (Phi) is 5.34. The van der Waals surface area contributed by atoms with Gasteiger partial charge in [-0.05, 0) is 29.6 Å². The van der Waals surface area contributed by atoms with E-state index in [9.17, 15) is 0 Å². The summed E-state index contributed by atoms with van der Waals surface area (Å²) in [5.41, 5.74) is 1.05. The summed E-state index contributed by atoms with van der Waals surface area (Å²) in [7, 11) is 1.83. The van der Waals surface area contributed by atoms with Gasteiger partial charge in [0.2, 0.25) is 0 Å². The quantitative estimate of drug-likeness (QED) is 0.555. The fourth-order valence-corrected chi connectivity index (χ4v) is 4.05. The fourth-order valence-electron chi connectivity index (χ4n) is 3.26. The van der Waals surface area contributed by atoms with Crippen LogP contribution in [0.3, 0.4) is 0 Å². The second kappa shape index (κ2) is 8.22. The van der Waals surface area contributed by atoms with Gasteiger partial charge in [-0.25, -0.2) is 0 Å². The van der Waals surface area contributed by atoms with Crippen molar-refractivity contribution in [2.75, 3.05) is 38.1 Å². The molecule has 0 bridgehead atoms. The van der Waals surface area contributed by atoms with Crippen molar-refractivity contribution in [2.24, 2.45) is 4.99 Å². The molecule has 1 aromatic carbocycles. The number of guanidine groups is 1. The highest BCUT2D eigenvalue weighted by molar-refractivity contribution is 7.14. The molecule has 1 N–H and O–H groups in total. The van der Waals surface area contributed by atoms with Crippen molar-refractivity contribution in [3.8, 4) is 5.69 Å². The van der Waals surface area contributed by atoms with Gasteiger partial charge in [-0.15, -0.1) is 21.5 Å². The molecule has 0 amide bonds. The predicted octanol–water partition coefficient (Wildman–Crippen LogP) is 2.23. The Balaban J connectivity index is 1.36. The molecule has 2 aromatic heterocycles. The summed E-state index contributed by atoms with van der Waals surface area (Å²) in [6.45, 7) is 4.47. The SMILES string of the molecule is CN=C(NCc1nncn1-c1ccccc1)N1CCN(c2cccs2)CC1. The highest BCUT2D eigenvalue weighted by Gasteiger charge is 2.20. The van der Waals surface area contributed by atoms with Crippen molar-refractivity contribution < 1.29 is 0 Å². The first kappa shape index (κ1) is 17.5. The summed E-state index contributed by atoms with van der Waals surface area (Å²) in [4.78, 5) is 9.19. The first-order valence-electron chi connectivity index (χ1n) is 9.03. The van der Waals surface area contributed by atoms with Crippen LogP contribution in [0.1, 0.15) is 5.82 Å². The van der Waals surface area contributed by atoms with Crippen LogP contribution in [0.25, 0.3) is 5.69 Å². The first-order valence-corrected chi connectivity index (χ1v) is 9.91. The van der Waals surface area contributed by atoms with Crippen LogP contribution in [-0.2, 0) is 6.54 Å². The van der Waals surface area contributed by atoms with Gasteiger partial charge in [0.05, 0.1) is 11.5 Å². The van der Waals surface area contributed by atoms with Gasteiger partial charge < -0.3 is 15.1 Å². The summed E-state index contributed by atoms with van der Waals surface area (Å²) in [5.74, 6) is 1.77. The van der Waals surface area contributed by atoms with Crippen LogP contribution >= 0.6 is 11.3 Å². The molecule has 0 aliphatic carbocycles. The third-order valence-corrected chi connectivity index (χ3v) is 5.60. The number of piperazine rings is 1. The van der Waals surface area contributed by atoms with Crippen LogP contribution in [0.15, 0.2) is 59.2 Å². The third-order valence-electron chi connectivity index (χ3n) is 4.67. The molecule has 1 aliphatic heterocycles. The predicted molar refractivity (Wildman–Crippen MR) is 110 cm³/mol. The summed E-state index contributed by atoms with van der Waals surface area (Å²) >= 11 is 1.80. The molecule has 0 atom stereocenters. The van der Waals surface area contributed by atoms with E-state index in [4.69, 9.17) is 0 Å². The number of hydrogen-bond acceptors (Lipinski definition) is 5. The number of hydrogen-bond donors (Lipinski definition) is 1. The van der Waals surface area contributed by atoms with E-state index in [1.54, 1.807) is 17.7 Å². The largest absolute Gasteiger partial charge is 0.360 e. The van der Waals surface area contributed by atoms with E-state index in [1.807, 2.05) is 41.9 Å². The van der Waals surface area contributed by atoms with E-state index in [1.165, 1.54) is 5.00 Å². The average Bonchev–Trinajstić information content (AvgIpc) is 3.42. The first-order chi connectivity index (χ1) is 13.3. The smallest absolute Gasteiger partial charge is 0.194 e. The van der Waals surface area contributed by atoms with Gasteiger partial charge in [0.15, 0.2) is 11.8 Å². The van der Waals surface area contributed by atoms with E-state index in [0.717, 1.165) is 43.7 Å². The van der Waals surface area contributed by atoms with Crippen molar-refractivity contribution in [3.63, 3.8) is 0 Å². The lowest BCUT2D eigenvalue weighted by molar-refractivity contribution is 0.372. The average molecular weight is 382 g/mol. The molecule has 3 heterocycles. The van der Waals surface area contributed by atoms with E-state index < -0.39 is 0 Å².